The van der Waals surface area contributed by atoms with E-state index in [0.29, 0.717) is 17.2 Å². The molecule has 0 bridgehead atoms. The Morgan fingerprint density at radius 2 is 1.50 bits per heavy atom. The first-order valence-corrected chi connectivity index (χ1v) is 8.05. The first-order chi connectivity index (χ1) is 11.6. The molecule has 0 aliphatic rings. The van der Waals surface area contributed by atoms with Gasteiger partial charge in [-0.3, -0.25) is 4.79 Å². The summed E-state index contributed by atoms with van der Waals surface area (Å²) in [6, 6.07) is 11.1. The van der Waals surface area contributed by atoms with Crippen LogP contribution in [0.3, 0.4) is 0 Å². The lowest BCUT2D eigenvalue weighted by Gasteiger charge is -2.14. The van der Waals surface area contributed by atoms with Gasteiger partial charge >= 0.3 is 5.97 Å². The Morgan fingerprint density at radius 1 is 0.917 bits per heavy atom. The molecule has 0 aliphatic carbocycles. The Hall–Kier alpha value is -2.21. The fourth-order valence-corrected chi connectivity index (χ4v) is 2.47. The van der Waals surface area contributed by atoms with Gasteiger partial charge in [-0.1, -0.05) is 28.1 Å². The van der Waals surface area contributed by atoms with Crippen LogP contribution >= 0.6 is 15.9 Å². The highest BCUT2D eigenvalue weighted by Gasteiger charge is 2.14. The zero-order valence-corrected chi connectivity index (χ0v) is 15.4. The molecule has 0 aromatic heterocycles. The van der Waals surface area contributed by atoms with Crippen molar-refractivity contribution in [3.63, 3.8) is 0 Å². The third-order valence-electron chi connectivity index (χ3n) is 3.39. The lowest BCUT2D eigenvalue weighted by molar-refractivity contribution is -0.144. The molecule has 128 valence electrons. The quantitative estimate of drug-likeness (QED) is 0.669. The summed E-state index contributed by atoms with van der Waals surface area (Å²) in [5.74, 6) is 1.25. The summed E-state index contributed by atoms with van der Waals surface area (Å²) in [7, 11) is 4.62. The van der Waals surface area contributed by atoms with E-state index in [0.717, 1.165) is 15.6 Å². The van der Waals surface area contributed by atoms with Crippen LogP contribution in [0, 0.1) is 0 Å². The number of carbonyl (C=O) groups is 1. The molecule has 0 atom stereocenters. The molecule has 0 saturated heterocycles. The van der Waals surface area contributed by atoms with E-state index in [1.807, 2.05) is 24.3 Å². The molecule has 0 fully saturated rings. The molecule has 2 aromatic carbocycles. The van der Waals surface area contributed by atoms with Crippen LogP contribution in [0.4, 0.5) is 0 Å². The van der Waals surface area contributed by atoms with Crippen LogP contribution in [0.1, 0.15) is 11.1 Å². The molecule has 0 radical (unpaired) electrons. The third-order valence-corrected chi connectivity index (χ3v) is 3.91. The van der Waals surface area contributed by atoms with Crippen molar-refractivity contribution in [3.8, 4) is 17.2 Å². The number of hydrogen-bond acceptors (Lipinski definition) is 5. The van der Waals surface area contributed by atoms with Crippen molar-refractivity contribution in [2.75, 3.05) is 21.3 Å². The first-order valence-electron chi connectivity index (χ1n) is 7.26. The molecule has 0 saturated carbocycles. The summed E-state index contributed by atoms with van der Waals surface area (Å²) in [5, 5.41) is 0. The Labute approximate surface area is 149 Å². The Kier molecular flexibility index (Phi) is 6.49. The van der Waals surface area contributed by atoms with E-state index in [9.17, 15) is 4.79 Å². The van der Waals surface area contributed by atoms with Gasteiger partial charge in [0.1, 0.15) is 6.61 Å². The zero-order valence-electron chi connectivity index (χ0n) is 13.8. The molecule has 24 heavy (non-hydrogen) atoms. The largest absolute Gasteiger partial charge is 0.493 e. The van der Waals surface area contributed by atoms with Crippen LogP contribution in [0.5, 0.6) is 17.2 Å². The van der Waals surface area contributed by atoms with Crippen molar-refractivity contribution in [2.45, 2.75) is 13.0 Å². The molecule has 0 spiro atoms. The van der Waals surface area contributed by atoms with E-state index in [2.05, 4.69) is 15.9 Å². The highest BCUT2D eigenvalue weighted by molar-refractivity contribution is 9.10. The maximum atomic E-state index is 12.0. The molecule has 0 heterocycles. The molecular weight excluding hydrogens is 376 g/mol. The maximum absolute atomic E-state index is 12.0. The fourth-order valence-electron chi connectivity index (χ4n) is 2.20. The van der Waals surface area contributed by atoms with Crippen molar-refractivity contribution in [1.29, 1.82) is 0 Å². The standard InChI is InChI=1S/C18H19BrO5/c1-21-15-8-13(9-16(22-2)18(15)23-3)11-24-17(20)10-12-4-6-14(19)7-5-12/h4-9H,10-11H2,1-3H3. The highest BCUT2D eigenvalue weighted by atomic mass is 79.9. The van der Waals surface area contributed by atoms with Crippen LogP contribution < -0.4 is 14.2 Å². The minimum absolute atomic E-state index is 0.131. The third kappa shape index (κ3) is 4.64. The highest BCUT2D eigenvalue weighted by Crippen LogP contribution is 2.38. The van der Waals surface area contributed by atoms with Gasteiger partial charge in [-0.15, -0.1) is 0 Å². The van der Waals surface area contributed by atoms with Crippen molar-refractivity contribution in [1.82, 2.24) is 0 Å². The van der Waals surface area contributed by atoms with Gasteiger partial charge in [-0.05, 0) is 35.4 Å². The number of halogens is 1. The fraction of sp³-hybridized carbons (Fsp3) is 0.278. The smallest absolute Gasteiger partial charge is 0.310 e. The van der Waals surface area contributed by atoms with Crippen molar-refractivity contribution in [2.24, 2.45) is 0 Å². The zero-order chi connectivity index (χ0) is 17.5. The van der Waals surface area contributed by atoms with Crippen molar-refractivity contribution < 1.29 is 23.7 Å². The molecule has 2 aromatic rings. The minimum Gasteiger partial charge on any atom is -0.493 e. The van der Waals surface area contributed by atoms with Gasteiger partial charge in [0.25, 0.3) is 0 Å². The van der Waals surface area contributed by atoms with Gasteiger partial charge in [-0.2, -0.15) is 0 Å². The SMILES string of the molecule is COc1cc(COC(=O)Cc2ccc(Br)cc2)cc(OC)c1OC. The number of methoxy groups -OCH3 is 3. The summed E-state index contributed by atoms with van der Waals surface area (Å²) in [6.07, 6.45) is 0.220. The van der Waals surface area contributed by atoms with Crippen LogP contribution in [-0.4, -0.2) is 27.3 Å². The molecule has 0 unspecified atom stereocenters. The van der Waals surface area contributed by atoms with Crippen molar-refractivity contribution in [3.05, 3.63) is 52.0 Å². The van der Waals surface area contributed by atoms with E-state index in [4.69, 9.17) is 18.9 Å². The maximum Gasteiger partial charge on any atom is 0.310 e. The number of carbonyl (C=O) groups excluding carboxylic acids is 1. The summed E-state index contributed by atoms with van der Waals surface area (Å²) in [5.41, 5.74) is 1.65. The second-order valence-electron chi connectivity index (χ2n) is 5.00. The van der Waals surface area contributed by atoms with Crippen LogP contribution in [0.25, 0.3) is 0 Å². The predicted molar refractivity (Wildman–Crippen MR) is 93.7 cm³/mol. The van der Waals surface area contributed by atoms with Gasteiger partial charge in [0, 0.05) is 4.47 Å². The van der Waals surface area contributed by atoms with E-state index in [1.54, 1.807) is 26.4 Å². The van der Waals surface area contributed by atoms with Gasteiger partial charge < -0.3 is 18.9 Å². The topological polar surface area (TPSA) is 54.0 Å². The normalized spacial score (nSPS) is 10.2. The molecule has 0 N–H and O–H groups in total. The van der Waals surface area contributed by atoms with Gasteiger partial charge in [0.05, 0.1) is 27.8 Å². The van der Waals surface area contributed by atoms with E-state index in [-0.39, 0.29) is 19.0 Å². The number of rotatable bonds is 7. The molecule has 0 aliphatic heterocycles. The average molecular weight is 395 g/mol. The molecular formula is C18H19BrO5. The number of ether oxygens (including phenoxy) is 4. The van der Waals surface area contributed by atoms with E-state index in [1.165, 1.54) is 7.11 Å². The first kappa shape index (κ1) is 18.1. The summed E-state index contributed by atoms with van der Waals surface area (Å²) in [4.78, 5) is 12.0. The van der Waals surface area contributed by atoms with Gasteiger partial charge in [-0.25, -0.2) is 0 Å². The Balaban J connectivity index is 2.03. The number of benzene rings is 2. The van der Waals surface area contributed by atoms with Crippen LogP contribution in [-0.2, 0) is 22.6 Å². The number of esters is 1. The van der Waals surface area contributed by atoms with E-state index < -0.39 is 0 Å². The summed E-state index contributed by atoms with van der Waals surface area (Å²) < 4.78 is 22.1. The monoisotopic (exact) mass is 394 g/mol. The second-order valence-corrected chi connectivity index (χ2v) is 5.91. The van der Waals surface area contributed by atoms with Gasteiger partial charge in [0.15, 0.2) is 11.5 Å². The van der Waals surface area contributed by atoms with Crippen molar-refractivity contribution >= 4 is 21.9 Å². The Morgan fingerprint density at radius 3 is 2.00 bits per heavy atom. The lowest BCUT2D eigenvalue weighted by Crippen LogP contribution is -2.08. The number of hydrogen-bond donors (Lipinski definition) is 0. The van der Waals surface area contributed by atoms with E-state index >= 15 is 0 Å². The summed E-state index contributed by atoms with van der Waals surface area (Å²) >= 11 is 3.36. The molecule has 0 amide bonds. The predicted octanol–water partition coefficient (Wildman–Crippen LogP) is 3.76. The minimum atomic E-state index is -0.300. The van der Waals surface area contributed by atoms with Crippen LogP contribution in [0.2, 0.25) is 0 Å². The van der Waals surface area contributed by atoms with Crippen LogP contribution in [0.15, 0.2) is 40.9 Å². The second kappa shape index (κ2) is 8.59. The molecule has 2 rings (SSSR count). The molecule has 5 nitrogen and oxygen atoms in total. The summed E-state index contributed by atoms with van der Waals surface area (Å²) in [6.45, 7) is 0.131. The average Bonchev–Trinajstić information content (AvgIpc) is 2.60. The van der Waals surface area contributed by atoms with Gasteiger partial charge in [0.2, 0.25) is 5.75 Å². The lowest BCUT2D eigenvalue weighted by atomic mass is 10.1. The molecule has 6 heteroatoms. The Bertz CT molecular complexity index is 672.